The summed E-state index contributed by atoms with van der Waals surface area (Å²) >= 11 is 6.13. The molecule has 0 aliphatic rings. The summed E-state index contributed by atoms with van der Waals surface area (Å²) in [4.78, 5) is 29.2. The Morgan fingerprint density at radius 3 is 2.44 bits per heavy atom. The Bertz CT molecular complexity index is 999. The lowest BCUT2D eigenvalue weighted by atomic mass is 10.1. The highest BCUT2D eigenvalue weighted by Gasteiger charge is 2.23. The molecule has 0 fully saturated rings. The Morgan fingerprint density at radius 1 is 1.11 bits per heavy atom. The monoisotopic (exact) mass is 383 g/mol. The Balaban J connectivity index is 1.83. The molecule has 0 saturated heterocycles. The van der Waals surface area contributed by atoms with Gasteiger partial charge in [0.05, 0.1) is 10.7 Å². The number of carbonyl (C=O) groups is 2. The van der Waals surface area contributed by atoms with Crippen LogP contribution in [0, 0.1) is 13.8 Å². The normalized spacial score (nSPS) is 11.9. The summed E-state index contributed by atoms with van der Waals surface area (Å²) < 4.78 is 6.91. The molecular formula is C20H18ClN3O3. The van der Waals surface area contributed by atoms with Gasteiger partial charge in [0.25, 0.3) is 0 Å². The number of benzene rings is 1. The number of carbonyl (C=O) groups excluding carboxylic acids is 2. The summed E-state index contributed by atoms with van der Waals surface area (Å²) in [5.41, 5.74) is 2.10. The molecule has 27 heavy (non-hydrogen) atoms. The van der Waals surface area contributed by atoms with Crippen LogP contribution in [0.2, 0.25) is 5.02 Å². The third kappa shape index (κ3) is 4.06. The molecule has 3 rings (SSSR count). The Hall–Kier alpha value is -2.99. The molecule has 3 aromatic rings. The predicted octanol–water partition coefficient (Wildman–Crippen LogP) is 3.97. The van der Waals surface area contributed by atoms with Crippen LogP contribution in [0.25, 0.3) is 5.82 Å². The number of ketones is 1. The first kappa shape index (κ1) is 18.8. The van der Waals surface area contributed by atoms with Gasteiger partial charge in [0, 0.05) is 11.3 Å². The van der Waals surface area contributed by atoms with E-state index < -0.39 is 12.1 Å². The highest BCUT2D eigenvalue weighted by Crippen LogP contribution is 2.19. The van der Waals surface area contributed by atoms with Crippen LogP contribution in [0.1, 0.15) is 39.2 Å². The largest absolute Gasteiger partial charge is 0.449 e. The zero-order valence-electron chi connectivity index (χ0n) is 15.1. The summed E-state index contributed by atoms with van der Waals surface area (Å²) in [6.45, 7) is 5.27. The van der Waals surface area contributed by atoms with Crippen LogP contribution in [-0.4, -0.2) is 32.6 Å². The van der Waals surface area contributed by atoms with E-state index in [-0.39, 0.29) is 16.5 Å². The number of hydrogen-bond donors (Lipinski definition) is 0. The van der Waals surface area contributed by atoms with Gasteiger partial charge in [-0.3, -0.25) is 4.79 Å². The number of aryl methyl sites for hydroxylation is 2. The van der Waals surface area contributed by atoms with Crippen molar-refractivity contribution in [2.24, 2.45) is 0 Å². The maximum Gasteiger partial charge on any atom is 0.359 e. The number of Topliss-reactive ketones (excluding diaryl/α,β-unsaturated/α-hetero) is 1. The minimum absolute atomic E-state index is 0.0607. The van der Waals surface area contributed by atoms with Crippen molar-refractivity contribution < 1.29 is 14.3 Å². The smallest absolute Gasteiger partial charge is 0.359 e. The minimum Gasteiger partial charge on any atom is -0.449 e. The quantitative estimate of drug-likeness (QED) is 0.492. The molecule has 0 spiro atoms. The predicted molar refractivity (Wildman–Crippen MR) is 101 cm³/mol. The first-order valence-corrected chi connectivity index (χ1v) is 8.75. The van der Waals surface area contributed by atoms with E-state index in [0.717, 1.165) is 11.4 Å². The van der Waals surface area contributed by atoms with Crippen LogP contribution in [-0.2, 0) is 4.74 Å². The average molecular weight is 384 g/mol. The van der Waals surface area contributed by atoms with E-state index >= 15 is 0 Å². The number of hydrogen-bond acceptors (Lipinski definition) is 5. The van der Waals surface area contributed by atoms with E-state index in [1.54, 1.807) is 41.1 Å². The maximum atomic E-state index is 12.5. The third-order valence-electron chi connectivity index (χ3n) is 3.96. The molecular weight excluding hydrogens is 366 g/mol. The highest BCUT2D eigenvalue weighted by atomic mass is 35.5. The van der Waals surface area contributed by atoms with Gasteiger partial charge >= 0.3 is 5.97 Å². The Morgan fingerprint density at radius 2 is 1.81 bits per heavy atom. The van der Waals surface area contributed by atoms with Crippen LogP contribution >= 0.6 is 11.6 Å². The van der Waals surface area contributed by atoms with Crippen molar-refractivity contribution >= 4 is 23.4 Å². The van der Waals surface area contributed by atoms with Crippen LogP contribution in [0.3, 0.4) is 0 Å². The first-order valence-electron chi connectivity index (χ1n) is 8.37. The summed E-state index contributed by atoms with van der Waals surface area (Å²) in [6, 6.07) is 13.8. The van der Waals surface area contributed by atoms with E-state index in [2.05, 4.69) is 10.1 Å². The van der Waals surface area contributed by atoms with Crippen molar-refractivity contribution in [3.8, 4) is 5.82 Å². The van der Waals surface area contributed by atoms with Gasteiger partial charge in [-0.2, -0.15) is 5.10 Å². The second-order valence-electron chi connectivity index (χ2n) is 6.12. The second-order valence-corrected chi connectivity index (χ2v) is 6.52. The van der Waals surface area contributed by atoms with Gasteiger partial charge in [-0.25, -0.2) is 14.5 Å². The maximum absolute atomic E-state index is 12.5. The van der Waals surface area contributed by atoms with Crippen LogP contribution in [0.4, 0.5) is 0 Å². The SMILES string of the molecule is Cc1cc(C)n(-c2ccc(Cl)c(C(=O)OC(C)C(=O)c3ccccc3)n2)n1. The Kier molecular flexibility index (Phi) is 5.37. The van der Waals surface area contributed by atoms with Gasteiger partial charge in [0.2, 0.25) is 5.78 Å². The Labute approximate surface area is 161 Å². The zero-order chi connectivity index (χ0) is 19.6. The second kappa shape index (κ2) is 7.72. The summed E-state index contributed by atoms with van der Waals surface area (Å²) in [5.74, 6) is -0.617. The zero-order valence-corrected chi connectivity index (χ0v) is 15.9. The van der Waals surface area contributed by atoms with E-state index in [1.165, 1.54) is 6.92 Å². The molecule has 0 aliphatic carbocycles. The van der Waals surface area contributed by atoms with Gasteiger partial charge in [0.1, 0.15) is 0 Å². The molecule has 1 atom stereocenters. The standard InChI is InChI=1S/C20H18ClN3O3/c1-12-11-13(2)24(23-12)17-10-9-16(21)18(22-17)20(26)27-14(3)19(25)15-7-5-4-6-8-15/h4-11,14H,1-3H3. The van der Waals surface area contributed by atoms with Crippen molar-refractivity contribution in [1.82, 2.24) is 14.8 Å². The molecule has 7 heteroatoms. The lowest BCUT2D eigenvalue weighted by Gasteiger charge is -2.13. The topological polar surface area (TPSA) is 74.1 Å². The van der Waals surface area contributed by atoms with Crippen molar-refractivity contribution in [3.63, 3.8) is 0 Å². The molecule has 0 saturated carbocycles. The molecule has 138 valence electrons. The highest BCUT2D eigenvalue weighted by molar-refractivity contribution is 6.33. The fourth-order valence-electron chi connectivity index (χ4n) is 2.66. The molecule has 0 bridgehead atoms. The molecule has 0 amide bonds. The van der Waals surface area contributed by atoms with Gasteiger partial charge in [-0.05, 0) is 39.0 Å². The van der Waals surface area contributed by atoms with Crippen molar-refractivity contribution in [1.29, 1.82) is 0 Å². The summed E-state index contributed by atoms with van der Waals surface area (Å²) in [7, 11) is 0. The number of nitrogens with zero attached hydrogens (tertiary/aromatic N) is 3. The summed E-state index contributed by atoms with van der Waals surface area (Å²) in [5, 5.41) is 4.49. The first-order chi connectivity index (χ1) is 12.9. The van der Waals surface area contributed by atoms with Gasteiger partial charge in [-0.15, -0.1) is 0 Å². The van der Waals surface area contributed by atoms with Crippen LogP contribution in [0.15, 0.2) is 48.5 Å². The average Bonchev–Trinajstić information content (AvgIpc) is 3.00. The molecule has 0 N–H and O–H groups in total. The lowest BCUT2D eigenvalue weighted by Crippen LogP contribution is -2.25. The van der Waals surface area contributed by atoms with Gasteiger partial charge in [0.15, 0.2) is 17.6 Å². The van der Waals surface area contributed by atoms with Crippen molar-refractivity contribution in [2.45, 2.75) is 26.9 Å². The summed E-state index contributed by atoms with van der Waals surface area (Å²) in [6.07, 6.45) is -0.963. The molecule has 2 aromatic heterocycles. The number of halogens is 1. The molecule has 6 nitrogen and oxygen atoms in total. The fourth-order valence-corrected chi connectivity index (χ4v) is 2.84. The minimum atomic E-state index is -0.963. The number of rotatable bonds is 5. The number of ether oxygens (including phenoxy) is 1. The molecule has 1 aromatic carbocycles. The van der Waals surface area contributed by atoms with Gasteiger partial charge < -0.3 is 4.74 Å². The molecule has 0 aliphatic heterocycles. The van der Waals surface area contributed by atoms with Crippen molar-refractivity contribution in [2.75, 3.05) is 0 Å². The fraction of sp³-hybridized carbons (Fsp3) is 0.200. The molecule has 2 heterocycles. The van der Waals surface area contributed by atoms with E-state index in [4.69, 9.17) is 16.3 Å². The van der Waals surface area contributed by atoms with E-state index in [9.17, 15) is 9.59 Å². The van der Waals surface area contributed by atoms with E-state index in [0.29, 0.717) is 11.4 Å². The number of esters is 1. The van der Waals surface area contributed by atoms with E-state index in [1.807, 2.05) is 26.0 Å². The number of aromatic nitrogens is 3. The lowest BCUT2D eigenvalue weighted by molar-refractivity contribution is 0.0313. The molecule has 1 unspecified atom stereocenters. The van der Waals surface area contributed by atoms with Crippen LogP contribution in [0.5, 0.6) is 0 Å². The molecule has 0 radical (unpaired) electrons. The van der Waals surface area contributed by atoms with Crippen molar-refractivity contribution in [3.05, 3.63) is 76.2 Å². The third-order valence-corrected chi connectivity index (χ3v) is 4.27. The number of pyridine rings is 1. The van der Waals surface area contributed by atoms with Crippen LogP contribution < -0.4 is 0 Å². The van der Waals surface area contributed by atoms with Gasteiger partial charge in [-0.1, -0.05) is 41.9 Å².